The molecule has 2 N–H and O–H groups in total. The molecule has 0 aliphatic carbocycles. The van der Waals surface area contributed by atoms with Crippen molar-refractivity contribution in [2.75, 3.05) is 39.3 Å². The normalized spacial score (nSPS) is 14.4. The van der Waals surface area contributed by atoms with Gasteiger partial charge in [0.25, 0.3) is 5.91 Å². The summed E-state index contributed by atoms with van der Waals surface area (Å²) in [6, 6.07) is 7.72. The summed E-state index contributed by atoms with van der Waals surface area (Å²) >= 11 is 0. The number of hydrogen-bond donors (Lipinski definition) is 2. The molecule has 1 heterocycles. The molecular weight excluding hydrogens is 378 g/mol. The van der Waals surface area contributed by atoms with Gasteiger partial charge < -0.3 is 20.4 Å². The number of piperidine rings is 1. The minimum Gasteiger partial charge on any atom is -0.357 e. The number of guanidine groups is 1. The van der Waals surface area contributed by atoms with Crippen LogP contribution in [0.2, 0.25) is 0 Å². The largest absolute Gasteiger partial charge is 0.357 e. The lowest BCUT2D eigenvalue weighted by atomic mass is 10.1. The van der Waals surface area contributed by atoms with E-state index < -0.39 is 0 Å². The Labute approximate surface area is 180 Å². The van der Waals surface area contributed by atoms with E-state index in [0.717, 1.165) is 56.7 Å². The highest BCUT2D eigenvalue weighted by molar-refractivity contribution is 5.94. The van der Waals surface area contributed by atoms with Crippen LogP contribution in [-0.4, -0.2) is 66.8 Å². The maximum absolute atomic E-state index is 12.6. The average molecular weight is 416 g/mol. The van der Waals surface area contributed by atoms with Crippen molar-refractivity contribution in [1.82, 2.24) is 20.4 Å². The first-order valence-corrected chi connectivity index (χ1v) is 11.3. The van der Waals surface area contributed by atoms with E-state index >= 15 is 0 Å². The van der Waals surface area contributed by atoms with Gasteiger partial charge in [-0.3, -0.25) is 9.59 Å². The second kappa shape index (κ2) is 12.9. The summed E-state index contributed by atoms with van der Waals surface area (Å²) in [7, 11) is 0. The van der Waals surface area contributed by atoms with Gasteiger partial charge in [0.1, 0.15) is 0 Å². The third kappa shape index (κ3) is 7.35. The quantitative estimate of drug-likeness (QED) is 0.480. The summed E-state index contributed by atoms with van der Waals surface area (Å²) in [4.78, 5) is 33.1. The number of carbonyl (C=O) groups is 2. The molecule has 0 radical (unpaired) electrons. The summed E-state index contributed by atoms with van der Waals surface area (Å²) in [6.07, 6.45) is 3.85. The number of likely N-dealkylation sites (tertiary alicyclic amines) is 1. The minimum atomic E-state index is 0.123. The molecule has 7 heteroatoms. The predicted molar refractivity (Wildman–Crippen MR) is 122 cm³/mol. The van der Waals surface area contributed by atoms with E-state index in [-0.39, 0.29) is 11.8 Å². The van der Waals surface area contributed by atoms with Gasteiger partial charge in [0.2, 0.25) is 5.91 Å². The molecule has 1 saturated heterocycles. The molecule has 0 bridgehead atoms. The SMILES string of the molecule is CCNC(=NCc1ccc(C(=O)N2CCCCC2)cc1)NCCC(=O)N(CC)CC. The lowest BCUT2D eigenvalue weighted by Crippen LogP contribution is -2.40. The molecule has 1 aromatic rings. The fraction of sp³-hybridized carbons (Fsp3) is 0.609. The summed E-state index contributed by atoms with van der Waals surface area (Å²) in [5.74, 6) is 0.966. The Morgan fingerprint density at radius 1 is 1.00 bits per heavy atom. The summed E-state index contributed by atoms with van der Waals surface area (Å²) in [6.45, 7) is 11.0. The molecule has 0 aromatic heterocycles. The number of rotatable bonds is 9. The lowest BCUT2D eigenvalue weighted by Gasteiger charge is -2.26. The first-order valence-electron chi connectivity index (χ1n) is 11.3. The Morgan fingerprint density at radius 3 is 2.27 bits per heavy atom. The Balaban J connectivity index is 1.87. The van der Waals surface area contributed by atoms with Gasteiger partial charge >= 0.3 is 0 Å². The number of aliphatic imine (C=N–C) groups is 1. The van der Waals surface area contributed by atoms with Crippen LogP contribution in [0.1, 0.15) is 62.4 Å². The summed E-state index contributed by atoms with van der Waals surface area (Å²) in [5.41, 5.74) is 1.78. The number of nitrogens with one attached hydrogen (secondary N) is 2. The minimum absolute atomic E-state index is 0.123. The highest BCUT2D eigenvalue weighted by Crippen LogP contribution is 2.14. The third-order valence-electron chi connectivity index (χ3n) is 5.36. The van der Waals surface area contributed by atoms with Crippen LogP contribution in [0.3, 0.4) is 0 Å². The van der Waals surface area contributed by atoms with Gasteiger partial charge in [0, 0.05) is 51.3 Å². The molecule has 0 spiro atoms. The zero-order valence-corrected chi connectivity index (χ0v) is 18.7. The monoisotopic (exact) mass is 415 g/mol. The van der Waals surface area contributed by atoms with Gasteiger partial charge in [-0.15, -0.1) is 0 Å². The molecule has 0 unspecified atom stereocenters. The standard InChI is InChI=1S/C23H37N5O2/c1-4-24-23(25-15-14-21(29)27(5-2)6-3)26-18-19-10-12-20(13-11-19)22(30)28-16-8-7-9-17-28/h10-13H,4-9,14-18H2,1-3H3,(H2,24,25,26). The van der Waals surface area contributed by atoms with Crippen molar-refractivity contribution >= 4 is 17.8 Å². The predicted octanol–water partition coefficient (Wildman–Crippen LogP) is 2.63. The smallest absolute Gasteiger partial charge is 0.253 e. The van der Waals surface area contributed by atoms with E-state index in [4.69, 9.17) is 0 Å². The number of amides is 2. The molecule has 7 nitrogen and oxygen atoms in total. The molecule has 166 valence electrons. The van der Waals surface area contributed by atoms with Crippen molar-refractivity contribution in [1.29, 1.82) is 0 Å². The highest BCUT2D eigenvalue weighted by atomic mass is 16.2. The van der Waals surface area contributed by atoms with Crippen LogP contribution in [0.25, 0.3) is 0 Å². The van der Waals surface area contributed by atoms with Crippen molar-refractivity contribution in [2.24, 2.45) is 4.99 Å². The zero-order chi connectivity index (χ0) is 21.8. The Bertz CT molecular complexity index is 692. The Morgan fingerprint density at radius 2 is 1.67 bits per heavy atom. The number of nitrogens with zero attached hydrogens (tertiary/aromatic N) is 3. The lowest BCUT2D eigenvalue weighted by molar-refractivity contribution is -0.130. The molecule has 1 aliphatic heterocycles. The van der Waals surface area contributed by atoms with Crippen LogP contribution in [0.15, 0.2) is 29.3 Å². The summed E-state index contributed by atoms with van der Waals surface area (Å²) in [5, 5.41) is 6.44. The number of hydrogen-bond acceptors (Lipinski definition) is 3. The number of benzene rings is 1. The van der Waals surface area contributed by atoms with Gasteiger partial charge in [-0.05, 0) is 57.7 Å². The van der Waals surface area contributed by atoms with Crippen molar-refractivity contribution in [3.05, 3.63) is 35.4 Å². The van der Waals surface area contributed by atoms with Crippen molar-refractivity contribution in [3.63, 3.8) is 0 Å². The van der Waals surface area contributed by atoms with Crippen LogP contribution in [0.4, 0.5) is 0 Å². The van der Waals surface area contributed by atoms with Crippen LogP contribution >= 0.6 is 0 Å². The number of carbonyl (C=O) groups excluding carboxylic acids is 2. The molecule has 0 atom stereocenters. The molecule has 1 aromatic carbocycles. The van der Waals surface area contributed by atoms with Gasteiger partial charge in [-0.2, -0.15) is 0 Å². The van der Waals surface area contributed by atoms with Crippen LogP contribution in [-0.2, 0) is 11.3 Å². The topological polar surface area (TPSA) is 77.0 Å². The van der Waals surface area contributed by atoms with Crippen LogP contribution in [0.5, 0.6) is 0 Å². The second-order valence-corrected chi connectivity index (χ2v) is 7.49. The van der Waals surface area contributed by atoms with Crippen molar-refractivity contribution in [2.45, 2.75) is 53.0 Å². The maximum atomic E-state index is 12.6. The van der Waals surface area contributed by atoms with E-state index in [1.807, 2.05) is 54.8 Å². The Hall–Kier alpha value is -2.57. The first kappa shape index (κ1) is 23.7. The van der Waals surface area contributed by atoms with E-state index in [1.54, 1.807) is 0 Å². The Kier molecular flexibility index (Phi) is 10.2. The van der Waals surface area contributed by atoms with Crippen molar-refractivity contribution < 1.29 is 9.59 Å². The fourth-order valence-electron chi connectivity index (χ4n) is 3.57. The maximum Gasteiger partial charge on any atom is 0.253 e. The van der Waals surface area contributed by atoms with E-state index in [1.165, 1.54) is 6.42 Å². The van der Waals surface area contributed by atoms with Gasteiger partial charge in [0.05, 0.1) is 6.54 Å². The molecule has 1 aliphatic rings. The second-order valence-electron chi connectivity index (χ2n) is 7.49. The van der Waals surface area contributed by atoms with E-state index in [9.17, 15) is 9.59 Å². The van der Waals surface area contributed by atoms with Crippen LogP contribution in [0, 0.1) is 0 Å². The van der Waals surface area contributed by atoms with Gasteiger partial charge in [-0.25, -0.2) is 4.99 Å². The fourth-order valence-corrected chi connectivity index (χ4v) is 3.57. The van der Waals surface area contributed by atoms with E-state index in [0.29, 0.717) is 25.5 Å². The molecule has 1 fully saturated rings. The zero-order valence-electron chi connectivity index (χ0n) is 18.7. The van der Waals surface area contributed by atoms with Crippen LogP contribution < -0.4 is 10.6 Å². The third-order valence-corrected chi connectivity index (χ3v) is 5.36. The molecular formula is C23H37N5O2. The average Bonchev–Trinajstić information content (AvgIpc) is 2.78. The molecule has 2 amide bonds. The van der Waals surface area contributed by atoms with Gasteiger partial charge in [-0.1, -0.05) is 12.1 Å². The molecule has 0 saturated carbocycles. The van der Waals surface area contributed by atoms with E-state index in [2.05, 4.69) is 15.6 Å². The van der Waals surface area contributed by atoms with Crippen molar-refractivity contribution in [3.8, 4) is 0 Å². The molecule has 30 heavy (non-hydrogen) atoms. The molecule has 2 rings (SSSR count). The van der Waals surface area contributed by atoms with Gasteiger partial charge in [0.15, 0.2) is 5.96 Å². The first-order chi connectivity index (χ1) is 14.6. The summed E-state index contributed by atoms with van der Waals surface area (Å²) < 4.78 is 0. The highest BCUT2D eigenvalue weighted by Gasteiger charge is 2.17.